The summed E-state index contributed by atoms with van der Waals surface area (Å²) in [6, 6.07) is 0. The molecule has 0 aliphatic rings. The summed E-state index contributed by atoms with van der Waals surface area (Å²) in [5.74, 6) is 0.602. The van der Waals surface area contributed by atoms with Gasteiger partial charge in [0.15, 0.2) is 0 Å². The lowest BCUT2D eigenvalue weighted by atomic mass is 10.1. The molecule has 0 bridgehead atoms. The van der Waals surface area contributed by atoms with Gasteiger partial charge in [-0.25, -0.2) is 0 Å². The quantitative estimate of drug-likeness (QED) is 0.111. The van der Waals surface area contributed by atoms with Gasteiger partial charge < -0.3 is 52.3 Å². The lowest BCUT2D eigenvalue weighted by Crippen LogP contribution is -2.19. The van der Waals surface area contributed by atoms with Gasteiger partial charge in [0, 0.05) is 13.2 Å². The fourth-order valence-electron chi connectivity index (χ4n) is 2.63. The highest BCUT2D eigenvalue weighted by atomic mass is 16.6. The van der Waals surface area contributed by atoms with Crippen LogP contribution in [-0.2, 0) is 47.4 Å². The number of hydrogen-bond donors (Lipinski definition) is 0. The van der Waals surface area contributed by atoms with Gasteiger partial charge in [0.1, 0.15) is 0 Å². The summed E-state index contributed by atoms with van der Waals surface area (Å²) >= 11 is 0. The zero-order valence-electron chi connectivity index (χ0n) is 24.7. The van der Waals surface area contributed by atoms with Gasteiger partial charge in [0.2, 0.25) is 0 Å². The molecule has 1 atom stereocenters. The Hall–Kier alpha value is -0.440. The molecule has 11 heteroatoms. The van der Waals surface area contributed by atoms with E-state index in [1.807, 2.05) is 14.1 Å². The molecule has 0 aliphatic heterocycles. The maximum absolute atomic E-state index is 5.53. The molecule has 0 N–H and O–H groups in total. The minimum atomic E-state index is 0.530. The highest BCUT2D eigenvalue weighted by molar-refractivity contribution is 4.46. The summed E-state index contributed by atoms with van der Waals surface area (Å²) in [5, 5.41) is 0. The molecule has 38 heavy (non-hydrogen) atoms. The first-order valence-corrected chi connectivity index (χ1v) is 14.1. The van der Waals surface area contributed by atoms with E-state index in [2.05, 4.69) is 18.7 Å². The molecule has 0 aromatic carbocycles. The number of ether oxygens (including phenoxy) is 10. The highest BCUT2D eigenvalue weighted by Gasteiger charge is 1.98. The van der Waals surface area contributed by atoms with E-state index in [4.69, 9.17) is 47.4 Å². The van der Waals surface area contributed by atoms with Gasteiger partial charge in [-0.05, 0) is 20.0 Å². The molecule has 230 valence electrons. The smallest absolute Gasteiger partial charge is 0.0701 e. The van der Waals surface area contributed by atoms with E-state index in [9.17, 15) is 0 Å². The van der Waals surface area contributed by atoms with Crippen LogP contribution in [0.25, 0.3) is 0 Å². The topological polar surface area (TPSA) is 95.5 Å². The molecular weight excluding hydrogens is 498 g/mol. The third-order valence-electron chi connectivity index (χ3n) is 5.13. The fraction of sp³-hybridized carbons (Fsp3) is 1.00. The number of likely N-dealkylation sites (N-methyl/N-ethyl adjacent to an activating group) is 1. The van der Waals surface area contributed by atoms with Crippen molar-refractivity contribution in [3.05, 3.63) is 0 Å². The molecule has 0 fully saturated rings. The van der Waals surface area contributed by atoms with Crippen LogP contribution in [0.1, 0.15) is 20.3 Å². The van der Waals surface area contributed by atoms with Crippen molar-refractivity contribution in [2.75, 3.05) is 153 Å². The standard InChI is InChI=1S/C27H57NO10/c1-5-27(2)26-38-25-24-37-23-22-36-21-20-35-19-18-34-17-16-33-15-14-32-13-12-31-11-10-30-9-8-29-7-6-28(3)4/h27H,5-26H2,1-4H3. The molecule has 0 radical (unpaired) electrons. The normalized spacial score (nSPS) is 12.6. The molecule has 0 saturated carbocycles. The second-order valence-electron chi connectivity index (χ2n) is 8.90. The van der Waals surface area contributed by atoms with Gasteiger partial charge >= 0.3 is 0 Å². The maximum atomic E-state index is 5.53. The van der Waals surface area contributed by atoms with Crippen molar-refractivity contribution in [2.24, 2.45) is 5.92 Å². The van der Waals surface area contributed by atoms with E-state index in [1.165, 1.54) is 0 Å². The van der Waals surface area contributed by atoms with Crippen LogP contribution in [-0.4, -0.2) is 158 Å². The average molecular weight is 556 g/mol. The first-order valence-electron chi connectivity index (χ1n) is 14.1. The van der Waals surface area contributed by atoms with Crippen LogP contribution in [0.4, 0.5) is 0 Å². The summed E-state index contributed by atoms with van der Waals surface area (Å²) < 4.78 is 54.7. The molecule has 11 nitrogen and oxygen atoms in total. The summed E-state index contributed by atoms with van der Waals surface area (Å²) in [6.07, 6.45) is 1.14. The van der Waals surface area contributed by atoms with Crippen LogP contribution in [0.2, 0.25) is 0 Å². The Morgan fingerprint density at radius 2 is 0.632 bits per heavy atom. The van der Waals surface area contributed by atoms with Gasteiger partial charge in [-0.15, -0.1) is 0 Å². The van der Waals surface area contributed by atoms with Gasteiger partial charge in [-0.1, -0.05) is 20.3 Å². The van der Waals surface area contributed by atoms with E-state index in [0.717, 1.165) is 26.2 Å². The lowest BCUT2D eigenvalue weighted by molar-refractivity contribution is -0.0269. The third-order valence-corrected chi connectivity index (χ3v) is 5.13. The highest BCUT2D eigenvalue weighted by Crippen LogP contribution is 2.00. The van der Waals surface area contributed by atoms with Crippen molar-refractivity contribution in [1.82, 2.24) is 4.90 Å². The van der Waals surface area contributed by atoms with Gasteiger partial charge in [-0.2, -0.15) is 0 Å². The molecule has 0 aliphatic carbocycles. The third kappa shape index (κ3) is 33.6. The van der Waals surface area contributed by atoms with Crippen molar-refractivity contribution in [1.29, 1.82) is 0 Å². The Morgan fingerprint density at radius 3 is 0.868 bits per heavy atom. The van der Waals surface area contributed by atoms with Crippen LogP contribution >= 0.6 is 0 Å². The molecule has 0 aromatic heterocycles. The first kappa shape index (κ1) is 37.6. The van der Waals surface area contributed by atoms with Crippen LogP contribution in [0.3, 0.4) is 0 Å². The monoisotopic (exact) mass is 555 g/mol. The molecular formula is C27H57NO10. The SMILES string of the molecule is CCC(C)COCCOCCOCCOCCOCCOCCOCCOCCOCCOCCN(C)C. The molecule has 0 heterocycles. The van der Waals surface area contributed by atoms with E-state index in [-0.39, 0.29) is 0 Å². The zero-order chi connectivity index (χ0) is 27.8. The van der Waals surface area contributed by atoms with E-state index < -0.39 is 0 Å². The van der Waals surface area contributed by atoms with Crippen molar-refractivity contribution in [3.63, 3.8) is 0 Å². The lowest BCUT2D eigenvalue weighted by Gasteiger charge is -2.10. The zero-order valence-corrected chi connectivity index (χ0v) is 24.7. The van der Waals surface area contributed by atoms with E-state index in [0.29, 0.717) is 125 Å². The first-order chi connectivity index (χ1) is 18.7. The Labute approximate surface area is 231 Å². The van der Waals surface area contributed by atoms with Crippen LogP contribution in [0.5, 0.6) is 0 Å². The second kappa shape index (κ2) is 32.8. The maximum Gasteiger partial charge on any atom is 0.0701 e. The minimum absolute atomic E-state index is 0.530. The molecule has 0 amide bonds. The fourth-order valence-corrected chi connectivity index (χ4v) is 2.63. The number of rotatable bonds is 33. The average Bonchev–Trinajstić information content (AvgIpc) is 2.91. The summed E-state index contributed by atoms with van der Waals surface area (Å²) in [4.78, 5) is 2.09. The van der Waals surface area contributed by atoms with Crippen molar-refractivity contribution in [2.45, 2.75) is 20.3 Å². The van der Waals surface area contributed by atoms with Gasteiger partial charge in [0.25, 0.3) is 0 Å². The van der Waals surface area contributed by atoms with Gasteiger partial charge in [-0.3, -0.25) is 0 Å². The molecule has 0 rings (SSSR count). The van der Waals surface area contributed by atoms with Crippen molar-refractivity contribution >= 4 is 0 Å². The van der Waals surface area contributed by atoms with E-state index >= 15 is 0 Å². The predicted molar refractivity (Wildman–Crippen MR) is 146 cm³/mol. The van der Waals surface area contributed by atoms with Crippen LogP contribution in [0, 0.1) is 5.92 Å². The Kier molecular flexibility index (Phi) is 32.4. The molecule has 0 spiro atoms. The molecule has 1 unspecified atom stereocenters. The second-order valence-corrected chi connectivity index (χ2v) is 8.90. The Morgan fingerprint density at radius 1 is 0.395 bits per heavy atom. The van der Waals surface area contributed by atoms with Crippen LogP contribution in [0.15, 0.2) is 0 Å². The largest absolute Gasteiger partial charge is 0.379 e. The molecule has 0 aromatic rings. The van der Waals surface area contributed by atoms with Crippen molar-refractivity contribution in [3.8, 4) is 0 Å². The van der Waals surface area contributed by atoms with E-state index in [1.54, 1.807) is 0 Å². The van der Waals surface area contributed by atoms with Crippen LogP contribution < -0.4 is 0 Å². The summed E-state index contributed by atoms with van der Waals surface area (Å²) in [6.45, 7) is 16.8. The minimum Gasteiger partial charge on any atom is -0.379 e. The molecule has 0 saturated heterocycles. The van der Waals surface area contributed by atoms with Crippen molar-refractivity contribution < 1.29 is 47.4 Å². The Balaban J connectivity index is 3.04. The summed E-state index contributed by atoms with van der Waals surface area (Å²) in [7, 11) is 4.05. The Bertz CT molecular complexity index is 435. The van der Waals surface area contributed by atoms with Gasteiger partial charge in [0.05, 0.1) is 126 Å². The summed E-state index contributed by atoms with van der Waals surface area (Å²) in [5.41, 5.74) is 0. The number of hydrogen-bond acceptors (Lipinski definition) is 11. The number of nitrogens with zero attached hydrogens (tertiary/aromatic N) is 1. The predicted octanol–water partition coefficient (Wildman–Crippen LogP) is 1.76.